The maximum absolute atomic E-state index is 14.0. The Bertz CT molecular complexity index is 1120. The van der Waals surface area contributed by atoms with Crippen LogP contribution in [-0.2, 0) is 22.4 Å². The summed E-state index contributed by atoms with van der Waals surface area (Å²) in [6, 6.07) is 13.8. The molecule has 0 spiro atoms. The number of amides is 4. The summed E-state index contributed by atoms with van der Waals surface area (Å²) in [5.74, 6) is -0.294. The first-order valence-electron chi connectivity index (χ1n) is 13.6. The second-order valence-corrected chi connectivity index (χ2v) is 10.9. The van der Waals surface area contributed by atoms with Crippen molar-refractivity contribution in [2.24, 2.45) is 11.1 Å². The van der Waals surface area contributed by atoms with Crippen molar-refractivity contribution in [3.05, 3.63) is 69.7 Å². The van der Waals surface area contributed by atoms with Crippen LogP contribution in [-0.4, -0.2) is 61.5 Å². The number of halogens is 2. The summed E-state index contributed by atoms with van der Waals surface area (Å²) in [4.78, 5) is 41.8. The first-order valence-corrected chi connectivity index (χ1v) is 14.3. The minimum atomic E-state index is -0.849. The molecule has 0 aliphatic carbocycles. The third-order valence-electron chi connectivity index (χ3n) is 7.04. The average Bonchev–Trinajstić information content (AvgIpc) is 2.93. The Morgan fingerprint density at radius 3 is 2.49 bits per heavy atom. The lowest BCUT2D eigenvalue weighted by Crippen LogP contribution is -2.59. The van der Waals surface area contributed by atoms with Crippen LogP contribution in [0.3, 0.4) is 0 Å². The topological polar surface area (TPSA) is 117 Å². The molecule has 3 rings (SSSR count). The molecule has 1 aliphatic rings. The lowest BCUT2D eigenvalue weighted by Gasteiger charge is -2.43. The number of carbonyl (C=O) groups is 3. The summed E-state index contributed by atoms with van der Waals surface area (Å²) in [6.45, 7) is 4.18. The average molecular weight is 577 g/mol. The zero-order chi connectivity index (χ0) is 28.3. The van der Waals surface area contributed by atoms with Gasteiger partial charge in [-0.15, -0.1) is 0 Å². The smallest absolute Gasteiger partial charge is 0.315 e. The second kappa shape index (κ2) is 15.1. The van der Waals surface area contributed by atoms with Gasteiger partial charge in [-0.3, -0.25) is 9.59 Å². The zero-order valence-corrected chi connectivity index (χ0v) is 24.0. The summed E-state index contributed by atoms with van der Waals surface area (Å²) >= 11 is 12.3. The highest BCUT2D eigenvalue weighted by molar-refractivity contribution is 6.42. The van der Waals surface area contributed by atoms with E-state index in [1.165, 1.54) is 0 Å². The number of nitrogens with two attached hydrogens (primary N) is 1. The SMILES string of the molecule is CCNC(=O)[C@]1(Cc2ccccc2)CCCN(C(=O)C(Cc2ccc(Cl)c(Cl)c2)NC(=O)NCCCCN)C1. The number of rotatable bonds is 12. The van der Waals surface area contributed by atoms with E-state index in [-0.39, 0.29) is 24.8 Å². The molecule has 1 aliphatic heterocycles. The van der Waals surface area contributed by atoms with Crippen LogP contribution in [0.5, 0.6) is 0 Å². The van der Waals surface area contributed by atoms with Crippen LogP contribution in [0.2, 0.25) is 10.0 Å². The summed E-state index contributed by atoms with van der Waals surface area (Å²) in [7, 11) is 0. The van der Waals surface area contributed by atoms with Crippen LogP contribution >= 0.6 is 23.2 Å². The molecule has 4 amide bonds. The van der Waals surface area contributed by atoms with Crippen molar-refractivity contribution in [1.29, 1.82) is 0 Å². The first-order chi connectivity index (χ1) is 18.8. The molecule has 1 saturated heterocycles. The number of benzene rings is 2. The van der Waals surface area contributed by atoms with Crippen molar-refractivity contribution in [2.45, 2.75) is 51.5 Å². The molecular weight excluding hydrogens is 537 g/mol. The minimum absolute atomic E-state index is 0.0574. The van der Waals surface area contributed by atoms with E-state index in [9.17, 15) is 14.4 Å². The predicted octanol–water partition coefficient (Wildman–Crippen LogP) is 3.93. The Morgan fingerprint density at radius 1 is 1.03 bits per heavy atom. The molecule has 0 saturated carbocycles. The molecule has 5 N–H and O–H groups in total. The van der Waals surface area contributed by atoms with Gasteiger partial charge in [-0.25, -0.2) is 4.79 Å². The van der Waals surface area contributed by atoms with Crippen molar-refractivity contribution in [3.63, 3.8) is 0 Å². The normalized spacial score (nSPS) is 17.8. The molecule has 1 unspecified atom stereocenters. The van der Waals surface area contributed by atoms with Gasteiger partial charge in [-0.1, -0.05) is 59.6 Å². The van der Waals surface area contributed by atoms with Gasteiger partial charge in [0.2, 0.25) is 11.8 Å². The van der Waals surface area contributed by atoms with Gasteiger partial charge in [0.05, 0.1) is 15.5 Å². The number of unbranched alkanes of at least 4 members (excludes halogenated alkanes) is 1. The third kappa shape index (κ3) is 8.85. The molecule has 8 nitrogen and oxygen atoms in total. The number of hydrogen-bond donors (Lipinski definition) is 4. The zero-order valence-electron chi connectivity index (χ0n) is 22.5. The van der Waals surface area contributed by atoms with Gasteiger partial charge in [-0.05, 0) is 68.8 Å². The van der Waals surface area contributed by atoms with Crippen molar-refractivity contribution >= 4 is 41.0 Å². The first kappa shape index (κ1) is 30.7. The fourth-order valence-corrected chi connectivity index (χ4v) is 5.39. The van der Waals surface area contributed by atoms with Crippen molar-refractivity contribution in [3.8, 4) is 0 Å². The van der Waals surface area contributed by atoms with Gasteiger partial charge >= 0.3 is 6.03 Å². The Morgan fingerprint density at radius 2 is 1.79 bits per heavy atom. The van der Waals surface area contributed by atoms with Gasteiger partial charge in [0, 0.05) is 32.6 Å². The molecule has 0 radical (unpaired) electrons. The van der Waals surface area contributed by atoms with E-state index in [4.69, 9.17) is 28.9 Å². The Kier molecular flexibility index (Phi) is 11.9. The van der Waals surface area contributed by atoms with E-state index in [0.717, 1.165) is 24.0 Å². The van der Waals surface area contributed by atoms with E-state index in [2.05, 4.69) is 16.0 Å². The molecular formula is C29H39Cl2N5O3. The van der Waals surface area contributed by atoms with E-state index >= 15 is 0 Å². The van der Waals surface area contributed by atoms with Gasteiger partial charge in [0.25, 0.3) is 0 Å². The number of urea groups is 1. The largest absolute Gasteiger partial charge is 0.356 e. The molecule has 2 aromatic rings. The van der Waals surface area contributed by atoms with Crippen LogP contribution in [0.1, 0.15) is 43.7 Å². The minimum Gasteiger partial charge on any atom is -0.356 e. The maximum atomic E-state index is 14.0. The highest BCUT2D eigenvalue weighted by Gasteiger charge is 2.44. The molecule has 1 heterocycles. The van der Waals surface area contributed by atoms with Crippen molar-refractivity contribution in [1.82, 2.24) is 20.9 Å². The van der Waals surface area contributed by atoms with Crippen LogP contribution < -0.4 is 21.7 Å². The Labute approximate surface area is 241 Å². The predicted molar refractivity (Wildman–Crippen MR) is 156 cm³/mol. The summed E-state index contributed by atoms with van der Waals surface area (Å²) in [5, 5.41) is 9.45. The monoisotopic (exact) mass is 575 g/mol. The summed E-state index contributed by atoms with van der Waals surface area (Å²) in [6.07, 6.45) is 3.65. The molecule has 10 heteroatoms. The fourth-order valence-electron chi connectivity index (χ4n) is 5.07. The number of nitrogens with one attached hydrogen (secondary N) is 3. The number of nitrogens with zero attached hydrogens (tertiary/aromatic N) is 1. The van der Waals surface area contributed by atoms with Gasteiger partial charge in [-0.2, -0.15) is 0 Å². The Balaban J connectivity index is 1.83. The quantitative estimate of drug-likeness (QED) is 0.287. The van der Waals surface area contributed by atoms with E-state index < -0.39 is 17.5 Å². The van der Waals surface area contributed by atoms with Crippen molar-refractivity contribution < 1.29 is 14.4 Å². The highest BCUT2D eigenvalue weighted by Crippen LogP contribution is 2.35. The highest BCUT2D eigenvalue weighted by atomic mass is 35.5. The van der Waals surface area contributed by atoms with Crippen LogP contribution in [0.15, 0.2) is 48.5 Å². The fraction of sp³-hybridized carbons (Fsp3) is 0.483. The standard InChI is InChI=1S/C29H39Cl2N5O3/c1-2-33-27(38)29(19-21-9-4-3-5-10-21)13-8-16-36(20-29)26(37)25(35-28(39)34-15-7-6-14-32)18-22-11-12-23(30)24(31)17-22/h3-5,9-12,17,25H,2,6-8,13-16,18-20,32H2,1H3,(H,33,38)(H2,34,35,39)/t25?,29-/m0/s1. The van der Waals surface area contributed by atoms with Crippen LogP contribution in [0.25, 0.3) is 0 Å². The lowest BCUT2D eigenvalue weighted by molar-refractivity contribution is -0.142. The molecule has 2 aromatic carbocycles. The number of hydrogen-bond acceptors (Lipinski definition) is 4. The molecule has 1 fully saturated rings. The molecule has 212 valence electrons. The number of carbonyl (C=O) groups excluding carboxylic acids is 3. The van der Waals surface area contributed by atoms with Crippen LogP contribution in [0.4, 0.5) is 4.79 Å². The maximum Gasteiger partial charge on any atom is 0.315 e. The number of piperidine rings is 1. The second-order valence-electron chi connectivity index (χ2n) is 10.1. The lowest BCUT2D eigenvalue weighted by atomic mass is 9.74. The van der Waals surface area contributed by atoms with Gasteiger partial charge in [0.1, 0.15) is 6.04 Å². The van der Waals surface area contributed by atoms with Gasteiger partial charge < -0.3 is 26.6 Å². The Hall–Kier alpha value is -2.81. The molecule has 2 atom stereocenters. The van der Waals surface area contributed by atoms with Crippen LogP contribution in [0, 0.1) is 5.41 Å². The van der Waals surface area contributed by atoms with E-state index in [0.29, 0.717) is 55.5 Å². The van der Waals surface area contributed by atoms with E-state index in [1.54, 1.807) is 23.1 Å². The van der Waals surface area contributed by atoms with Gasteiger partial charge in [0.15, 0.2) is 0 Å². The van der Waals surface area contributed by atoms with E-state index in [1.807, 2.05) is 37.3 Å². The molecule has 0 bridgehead atoms. The third-order valence-corrected chi connectivity index (χ3v) is 7.78. The summed E-state index contributed by atoms with van der Waals surface area (Å²) < 4.78 is 0. The molecule has 0 aromatic heterocycles. The van der Waals surface area contributed by atoms with Crippen molar-refractivity contribution in [2.75, 3.05) is 32.7 Å². The summed E-state index contributed by atoms with van der Waals surface area (Å²) in [5.41, 5.74) is 6.59. The molecule has 39 heavy (non-hydrogen) atoms. The number of likely N-dealkylation sites (tertiary alicyclic amines) is 1.